The van der Waals surface area contributed by atoms with E-state index < -0.39 is 5.97 Å². The molecule has 5 nitrogen and oxygen atoms in total. The lowest BCUT2D eigenvalue weighted by Gasteiger charge is -2.31. The lowest BCUT2D eigenvalue weighted by Crippen LogP contribution is -2.46. The molecule has 5 heteroatoms. The van der Waals surface area contributed by atoms with Gasteiger partial charge in [0, 0.05) is 19.6 Å². The number of rotatable bonds is 4. The van der Waals surface area contributed by atoms with Gasteiger partial charge in [-0.05, 0) is 31.6 Å². The number of carboxylic acid groups (broad SMARTS) is 1. The standard InChI is InChI=1S/C15H26N2O3/c1-17(12-7-3-2-4-8-12)15(20)16-10-11-6-5-9-13(11)14(18)19/h11-13H,2-10H2,1H3,(H,16,20)(H,18,19). The van der Waals surface area contributed by atoms with E-state index in [2.05, 4.69) is 5.32 Å². The highest BCUT2D eigenvalue weighted by Gasteiger charge is 2.33. The maximum atomic E-state index is 12.1. The average Bonchev–Trinajstić information content (AvgIpc) is 2.93. The summed E-state index contributed by atoms with van der Waals surface area (Å²) in [6.07, 6.45) is 8.46. The van der Waals surface area contributed by atoms with E-state index in [1.54, 1.807) is 0 Å². The highest BCUT2D eigenvalue weighted by Crippen LogP contribution is 2.31. The number of aliphatic carboxylic acids is 1. The van der Waals surface area contributed by atoms with Crippen LogP contribution in [-0.4, -0.2) is 41.6 Å². The van der Waals surface area contributed by atoms with Crippen LogP contribution in [0, 0.1) is 11.8 Å². The summed E-state index contributed by atoms with van der Waals surface area (Å²) >= 11 is 0. The molecular formula is C15H26N2O3. The van der Waals surface area contributed by atoms with Gasteiger partial charge in [-0.2, -0.15) is 0 Å². The van der Waals surface area contributed by atoms with Crippen molar-refractivity contribution in [2.75, 3.05) is 13.6 Å². The van der Waals surface area contributed by atoms with Crippen molar-refractivity contribution in [3.8, 4) is 0 Å². The van der Waals surface area contributed by atoms with Gasteiger partial charge < -0.3 is 15.3 Å². The Morgan fingerprint density at radius 3 is 2.45 bits per heavy atom. The smallest absolute Gasteiger partial charge is 0.317 e. The lowest BCUT2D eigenvalue weighted by atomic mass is 9.94. The second-order valence-electron chi connectivity index (χ2n) is 6.22. The van der Waals surface area contributed by atoms with Crippen molar-refractivity contribution in [1.29, 1.82) is 0 Å². The number of hydrogen-bond acceptors (Lipinski definition) is 2. The first-order valence-corrected chi connectivity index (χ1v) is 7.83. The SMILES string of the molecule is CN(C(=O)NCC1CCCC1C(=O)O)C1CCCCC1. The molecule has 0 radical (unpaired) electrons. The molecule has 2 N–H and O–H groups in total. The van der Waals surface area contributed by atoms with Crippen molar-refractivity contribution in [2.45, 2.75) is 57.4 Å². The van der Waals surface area contributed by atoms with Crippen molar-refractivity contribution in [3.05, 3.63) is 0 Å². The van der Waals surface area contributed by atoms with Crippen LogP contribution in [0.4, 0.5) is 4.79 Å². The molecule has 2 fully saturated rings. The summed E-state index contributed by atoms with van der Waals surface area (Å²) in [6.45, 7) is 0.493. The summed E-state index contributed by atoms with van der Waals surface area (Å²) in [7, 11) is 1.86. The van der Waals surface area contributed by atoms with Crippen LogP contribution in [0.3, 0.4) is 0 Å². The zero-order valence-electron chi connectivity index (χ0n) is 12.3. The second-order valence-corrected chi connectivity index (χ2v) is 6.22. The molecule has 2 aliphatic carbocycles. The Bertz CT molecular complexity index is 353. The average molecular weight is 282 g/mol. The van der Waals surface area contributed by atoms with Crippen LogP contribution in [0.25, 0.3) is 0 Å². The van der Waals surface area contributed by atoms with Crippen molar-refractivity contribution < 1.29 is 14.7 Å². The fraction of sp³-hybridized carbons (Fsp3) is 0.867. The van der Waals surface area contributed by atoms with Crippen LogP contribution < -0.4 is 5.32 Å². The molecule has 0 bridgehead atoms. The zero-order valence-corrected chi connectivity index (χ0v) is 12.3. The summed E-state index contributed by atoms with van der Waals surface area (Å²) in [4.78, 5) is 25.1. The fourth-order valence-electron chi connectivity index (χ4n) is 3.58. The van der Waals surface area contributed by atoms with Gasteiger partial charge in [0.25, 0.3) is 0 Å². The number of carbonyl (C=O) groups excluding carboxylic acids is 1. The molecule has 0 aromatic carbocycles. The van der Waals surface area contributed by atoms with Gasteiger partial charge in [-0.3, -0.25) is 4.79 Å². The van der Waals surface area contributed by atoms with E-state index in [1.807, 2.05) is 11.9 Å². The Morgan fingerprint density at radius 1 is 1.10 bits per heavy atom. The number of urea groups is 1. The van der Waals surface area contributed by atoms with Gasteiger partial charge in [-0.25, -0.2) is 4.79 Å². The van der Waals surface area contributed by atoms with Crippen molar-refractivity contribution in [3.63, 3.8) is 0 Å². The molecule has 2 amide bonds. The van der Waals surface area contributed by atoms with Crippen LogP contribution in [-0.2, 0) is 4.79 Å². The Labute approximate surface area is 120 Å². The minimum atomic E-state index is -0.720. The van der Waals surface area contributed by atoms with E-state index in [1.165, 1.54) is 19.3 Å². The number of nitrogens with zero attached hydrogens (tertiary/aromatic N) is 1. The monoisotopic (exact) mass is 282 g/mol. The topological polar surface area (TPSA) is 69.6 Å². The highest BCUT2D eigenvalue weighted by molar-refractivity contribution is 5.74. The predicted molar refractivity (Wildman–Crippen MR) is 76.5 cm³/mol. The Balaban J connectivity index is 1.77. The maximum absolute atomic E-state index is 12.1. The van der Waals surface area contributed by atoms with Gasteiger partial charge in [0.2, 0.25) is 0 Å². The van der Waals surface area contributed by atoms with E-state index in [-0.39, 0.29) is 17.9 Å². The molecule has 0 aromatic heterocycles. The first-order valence-electron chi connectivity index (χ1n) is 7.83. The van der Waals surface area contributed by atoms with E-state index >= 15 is 0 Å². The number of hydrogen-bond donors (Lipinski definition) is 2. The minimum absolute atomic E-state index is 0.0482. The molecule has 20 heavy (non-hydrogen) atoms. The summed E-state index contributed by atoms with van der Waals surface area (Å²) in [5.74, 6) is -0.908. The summed E-state index contributed by atoms with van der Waals surface area (Å²) in [6, 6.07) is 0.301. The number of nitrogens with one attached hydrogen (secondary N) is 1. The molecule has 2 saturated carbocycles. The summed E-state index contributed by atoms with van der Waals surface area (Å²) in [5, 5.41) is 12.1. The fourth-order valence-corrected chi connectivity index (χ4v) is 3.58. The third-order valence-electron chi connectivity index (χ3n) is 4.93. The molecule has 2 unspecified atom stereocenters. The molecule has 2 aliphatic rings. The molecule has 0 heterocycles. The van der Waals surface area contributed by atoms with Gasteiger partial charge in [0.15, 0.2) is 0 Å². The Kier molecular flexibility index (Phi) is 5.26. The Morgan fingerprint density at radius 2 is 1.80 bits per heavy atom. The van der Waals surface area contributed by atoms with Gasteiger partial charge >= 0.3 is 12.0 Å². The van der Waals surface area contributed by atoms with E-state index in [0.29, 0.717) is 12.6 Å². The number of carboxylic acids is 1. The normalized spacial score (nSPS) is 27.2. The summed E-state index contributed by atoms with van der Waals surface area (Å²) in [5.41, 5.74) is 0. The predicted octanol–water partition coefficient (Wildman–Crippen LogP) is 2.46. The first kappa shape index (κ1) is 15.1. The number of carbonyl (C=O) groups is 2. The molecular weight excluding hydrogens is 256 g/mol. The van der Waals surface area contributed by atoms with Gasteiger partial charge in [-0.15, -0.1) is 0 Å². The van der Waals surface area contributed by atoms with Crippen LogP contribution in [0.1, 0.15) is 51.4 Å². The van der Waals surface area contributed by atoms with E-state index in [9.17, 15) is 9.59 Å². The second kappa shape index (κ2) is 6.95. The van der Waals surface area contributed by atoms with Gasteiger partial charge in [0.1, 0.15) is 0 Å². The van der Waals surface area contributed by atoms with Crippen LogP contribution >= 0.6 is 0 Å². The largest absolute Gasteiger partial charge is 0.481 e. The molecule has 0 aromatic rings. The third kappa shape index (κ3) is 3.64. The van der Waals surface area contributed by atoms with Gasteiger partial charge in [-0.1, -0.05) is 25.7 Å². The van der Waals surface area contributed by atoms with Crippen molar-refractivity contribution in [1.82, 2.24) is 10.2 Å². The highest BCUT2D eigenvalue weighted by atomic mass is 16.4. The Hall–Kier alpha value is -1.26. The quantitative estimate of drug-likeness (QED) is 0.832. The molecule has 2 atom stereocenters. The van der Waals surface area contributed by atoms with Crippen LogP contribution in [0.2, 0.25) is 0 Å². The van der Waals surface area contributed by atoms with Crippen molar-refractivity contribution >= 4 is 12.0 Å². The zero-order chi connectivity index (χ0) is 14.5. The molecule has 114 valence electrons. The number of amides is 2. The van der Waals surface area contributed by atoms with Crippen molar-refractivity contribution in [2.24, 2.45) is 11.8 Å². The molecule has 0 spiro atoms. The minimum Gasteiger partial charge on any atom is -0.481 e. The van der Waals surface area contributed by atoms with Gasteiger partial charge in [0.05, 0.1) is 5.92 Å². The first-order chi connectivity index (χ1) is 9.59. The maximum Gasteiger partial charge on any atom is 0.317 e. The third-order valence-corrected chi connectivity index (χ3v) is 4.93. The van der Waals surface area contributed by atoms with E-state index in [4.69, 9.17) is 5.11 Å². The lowest BCUT2D eigenvalue weighted by molar-refractivity contribution is -0.142. The molecule has 2 rings (SSSR count). The van der Waals surface area contributed by atoms with Crippen LogP contribution in [0.15, 0.2) is 0 Å². The van der Waals surface area contributed by atoms with E-state index in [0.717, 1.165) is 32.1 Å². The molecule has 0 aliphatic heterocycles. The van der Waals surface area contributed by atoms with Crippen LogP contribution in [0.5, 0.6) is 0 Å². The summed E-state index contributed by atoms with van der Waals surface area (Å²) < 4.78 is 0. The molecule has 0 saturated heterocycles.